The van der Waals surface area contributed by atoms with E-state index in [1.807, 2.05) is 0 Å². The minimum Gasteiger partial charge on any atom is -0.462 e. The van der Waals surface area contributed by atoms with Crippen LogP contribution in [0.4, 0.5) is 5.00 Å². The Kier molecular flexibility index (Phi) is 6.99. The molecule has 1 aromatic rings. The summed E-state index contributed by atoms with van der Waals surface area (Å²) in [6, 6.07) is 0. The van der Waals surface area contributed by atoms with Gasteiger partial charge in [-0.2, -0.15) is 0 Å². The molecule has 10 heteroatoms. The highest BCUT2D eigenvalue weighted by Crippen LogP contribution is 2.35. The van der Waals surface area contributed by atoms with Gasteiger partial charge in [-0.3, -0.25) is 4.79 Å². The summed E-state index contributed by atoms with van der Waals surface area (Å²) in [6.45, 7) is 5.25. The van der Waals surface area contributed by atoms with Crippen LogP contribution in [-0.2, 0) is 24.1 Å². The lowest BCUT2D eigenvalue weighted by Crippen LogP contribution is -2.18. The van der Waals surface area contributed by atoms with Crippen molar-refractivity contribution in [1.82, 2.24) is 0 Å². The van der Waals surface area contributed by atoms with Gasteiger partial charge in [0.15, 0.2) is 9.84 Å². The molecular formula is C17H23NO7S2. The molecule has 0 bridgehead atoms. The first-order valence-corrected chi connectivity index (χ1v) is 11.3. The second-order valence-electron chi connectivity index (χ2n) is 6.22. The van der Waals surface area contributed by atoms with E-state index >= 15 is 0 Å². The zero-order chi connectivity index (χ0) is 20.2. The first kappa shape index (κ1) is 21.4. The Morgan fingerprint density at radius 2 is 1.78 bits per heavy atom. The van der Waals surface area contributed by atoms with Crippen molar-refractivity contribution >= 4 is 44.0 Å². The van der Waals surface area contributed by atoms with Gasteiger partial charge in [0.2, 0.25) is 5.91 Å². The zero-order valence-electron chi connectivity index (χ0n) is 15.5. The van der Waals surface area contributed by atoms with Crippen LogP contribution in [0.1, 0.15) is 52.3 Å². The average Bonchev–Trinajstić information content (AvgIpc) is 3.07. The minimum atomic E-state index is -3.08. The van der Waals surface area contributed by atoms with Gasteiger partial charge in [0.25, 0.3) is 0 Å². The number of ether oxygens (including phenoxy) is 2. The van der Waals surface area contributed by atoms with Crippen molar-refractivity contribution in [3.63, 3.8) is 0 Å². The van der Waals surface area contributed by atoms with Crippen molar-refractivity contribution in [2.24, 2.45) is 5.92 Å². The van der Waals surface area contributed by atoms with E-state index in [2.05, 4.69) is 5.32 Å². The number of carbonyl (C=O) groups is 3. The largest absolute Gasteiger partial charge is 0.462 e. The molecule has 1 fully saturated rings. The van der Waals surface area contributed by atoms with E-state index in [9.17, 15) is 22.8 Å². The molecule has 2 heterocycles. The van der Waals surface area contributed by atoms with Crippen LogP contribution in [0.2, 0.25) is 0 Å². The summed E-state index contributed by atoms with van der Waals surface area (Å²) in [4.78, 5) is 37.0. The van der Waals surface area contributed by atoms with Gasteiger partial charge in [-0.25, -0.2) is 18.0 Å². The number of amides is 1. The molecule has 0 spiro atoms. The molecule has 27 heavy (non-hydrogen) atoms. The third kappa shape index (κ3) is 5.29. The number of hydrogen-bond acceptors (Lipinski definition) is 8. The molecule has 150 valence electrons. The molecule has 1 N–H and O–H groups in total. The molecular weight excluding hydrogens is 394 g/mol. The summed E-state index contributed by atoms with van der Waals surface area (Å²) in [5, 5.41) is 2.85. The highest BCUT2D eigenvalue weighted by molar-refractivity contribution is 7.91. The highest BCUT2D eigenvalue weighted by Gasteiger charge is 2.31. The second kappa shape index (κ2) is 8.83. The molecule has 0 aliphatic carbocycles. The first-order valence-electron chi connectivity index (χ1n) is 8.66. The number of sulfone groups is 1. The molecule has 8 nitrogen and oxygen atoms in total. The highest BCUT2D eigenvalue weighted by atomic mass is 32.2. The standard InChI is InChI=1S/C17H23NO7S2/c1-4-24-16(20)13-10(3)14(17(21)25-5-2)26-15(13)18-12(19)8-11-6-7-27(22,23)9-11/h11H,4-9H2,1-3H3,(H,18,19). The van der Waals surface area contributed by atoms with Gasteiger partial charge in [-0.15, -0.1) is 11.3 Å². The van der Waals surface area contributed by atoms with Crippen molar-refractivity contribution in [3.8, 4) is 0 Å². The Labute approximate surface area is 162 Å². The van der Waals surface area contributed by atoms with Crippen molar-refractivity contribution in [2.75, 3.05) is 30.0 Å². The van der Waals surface area contributed by atoms with Crippen LogP contribution in [-0.4, -0.2) is 51.0 Å². The van der Waals surface area contributed by atoms with Gasteiger partial charge in [0.1, 0.15) is 9.88 Å². The fourth-order valence-electron chi connectivity index (χ4n) is 2.91. The molecule has 1 saturated heterocycles. The molecule has 1 atom stereocenters. The van der Waals surface area contributed by atoms with E-state index in [4.69, 9.17) is 9.47 Å². The predicted molar refractivity (Wildman–Crippen MR) is 101 cm³/mol. The maximum atomic E-state index is 12.4. The van der Waals surface area contributed by atoms with Gasteiger partial charge >= 0.3 is 11.9 Å². The van der Waals surface area contributed by atoms with Crippen LogP contribution in [0.25, 0.3) is 0 Å². The van der Waals surface area contributed by atoms with Crippen molar-refractivity contribution < 1.29 is 32.3 Å². The van der Waals surface area contributed by atoms with E-state index in [0.29, 0.717) is 12.0 Å². The van der Waals surface area contributed by atoms with Crippen LogP contribution in [0.15, 0.2) is 0 Å². The Morgan fingerprint density at radius 3 is 2.33 bits per heavy atom. The average molecular weight is 418 g/mol. The maximum Gasteiger partial charge on any atom is 0.348 e. The number of rotatable bonds is 7. The van der Waals surface area contributed by atoms with E-state index in [0.717, 1.165) is 11.3 Å². The van der Waals surface area contributed by atoms with Crippen LogP contribution >= 0.6 is 11.3 Å². The van der Waals surface area contributed by atoms with Crippen LogP contribution in [0.3, 0.4) is 0 Å². The second-order valence-corrected chi connectivity index (χ2v) is 9.47. The number of anilines is 1. The number of esters is 2. The minimum absolute atomic E-state index is 0.0112. The maximum absolute atomic E-state index is 12.4. The summed E-state index contributed by atoms with van der Waals surface area (Å²) in [5.41, 5.74) is 0.507. The van der Waals surface area contributed by atoms with Gasteiger partial charge in [-0.05, 0) is 38.7 Å². The molecule has 1 aliphatic heterocycles. The molecule has 0 radical (unpaired) electrons. The zero-order valence-corrected chi connectivity index (χ0v) is 17.1. The smallest absolute Gasteiger partial charge is 0.348 e. The third-order valence-electron chi connectivity index (χ3n) is 4.14. The lowest BCUT2D eigenvalue weighted by atomic mass is 10.1. The van der Waals surface area contributed by atoms with Crippen molar-refractivity contribution in [2.45, 2.75) is 33.6 Å². The van der Waals surface area contributed by atoms with Gasteiger partial charge < -0.3 is 14.8 Å². The topological polar surface area (TPSA) is 116 Å². The molecule has 1 aliphatic rings. The van der Waals surface area contributed by atoms with Crippen LogP contribution in [0.5, 0.6) is 0 Å². The third-order valence-corrected chi connectivity index (χ3v) is 7.17. The quantitative estimate of drug-likeness (QED) is 0.676. The van der Waals surface area contributed by atoms with Crippen LogP contribution < -0.4 is 5.32 Å². The summed E-state index contributed by atoms with van der Waals surface area (Å²) >= 11 is 0.949. The number of carbonyl (C=O) groups excluding carboxylic acids is 3. The fraction of sp³-hybridized carbons (Fsp3) is 0.588. The molecule has 1 amide bonds. The van der Waals surface area contributed by atoms with Gasteiger partial charge in [-0.1, -0.05) is 0 Å². The number of hydrogen-bond donors (Lipinski definition) is 1. The summed E-state index contributed by atoms with van der Waals surface area (Å²) in [7, 11) is -3.08. The van der Waals surface area contributed by atoms with Gasteiger partial charge in [0, 0.05) is 6.42 Å². The van der Waals surface area contributed by atoms with Gasteiger partial charge in [0.05, 0.1) is 30.3 Å². The Bertz CT molecular complexity index is 842. The molecule has 1 unspecified atom stereocenters. The SMILES string of the molecule is CCOC(=O)c1sc(NC(=O)CC2CCS(=O)(=O)C2)c(C(=O)OCC)c1C. The Morgan fingerprint density at radius 1 is 1.15 bits per heavy atom. The molecule has 0 aromatic carbocycles. The van der Waals surface area contributed by atoms with Crippen molar-refractivity contribution in [1.29, 1.82) is 0 Å². The Hall–Kier alpha value is -1.94. The number of thiophene rings is 1. The summed E-state index contributed by atoms with van der Waals surface area (Å²) < 4.78 is 33.1. The lowest BCUT2D eigenvalue weighted by molar-refractivity contribution is -0.116. The monoisotopic (exact) mass is 417 g/mol. The molecule has 2 rings (SSSR count). The number of nitrogens with one attached hydrogen (secondary N) is 1. The van der Waals surface area contributed by atoms with E-state index in [1.54, 1.807) is 20.8 Å². The predicted octanol–water partition coefficient (Wildman–Crippen LogP) is 2.17. The summed E-state index contributed by atoms with van der Waals surface area (Å²) in [5.74, 6) is -1.79. The first-order chi connectivity index (χ1) is 12.7. The lowest BCUT2D eigenvalue weighted by Gasteiger charge is -2.09. The van der Waals surface area contributed by atoms with E-state index in [1.165, 1.54) is 0 Å². The molecule has 0 saturated carbocycles. The normalized spacial score (nSPS) is 18.1. The van der Waals surface area contributed by atoms with Crippen LogP contribution in [0, 0.1) is 12.8 Å². The van der Waals surface area contributed by atoms with E-state index < -0.39 is 27.7 Å². The van der Waals surface area contributed by atoms with Crippen molar-refractivity contribution in [3.05, 3.63) is 16.0 Å². The molecule has 1 aromatic heterocycles. The summed E-state index contributed by atoms with van der Waals surface area (Å²) in [6.07, 6.45) is 0.477. The fourth-order valence-corrected chi connectivity index (χ4v) is 5.88. The van der Waals surface area contributed by atoms with E-state index in [-0.39, 0.29) is 52.5 Å². The Balaban J connectivity index is 2.23.